The third-order valence-corrected chi connectivity index (χ3v) is 9.85. The summed E-state index contributed by atoms with van der Waals surface area (Å²) >= 11 is 1.55. The Balaban J connectivity index is 2.12. The largest absolute Gasteiger partial charge is 0.461 e. The fraction of sp³-hybridized carbons (Fsp3) is 0.833. The first-order valence-electron chi connectivity index (χ1n) is 11.2. The van der Waals surface area contributed by atoms with E-state index < -0.39 is 23.0 Å². The number of ether oxygens (including phenoxy) is 1. The molecule has 3 aliphatic rings. The zero-order chi connectivity index (χ0) is 21.6. The minimum atomic E-state index is -0.613. The molecule has 0 aromatic carbocycles. The number of ketones is 1. The summed E-state index contributed by atoms with van der Waals surface area (Å²) in [7, 11) is 0. The molecule has 3 saturated carbocycles. The van der Waals surface area contributed by atoms with Crippen molar-refractivity contribution < 1.29 is 19.4 Å². The van der Waals surface area contributed by atoms with Gasteiger partial charge in [-0.3, -0.25) is 9.59 Å². The fourth-order valence-corrected chi connectivity index (χ4v) is 7.32. The number of thioether (sulfide) groups is 1. The molecule has 5 heteroatoms. The Morgan fingerprint density at radius 2 is 2.03 bits per heavy atom. The highest BCUT2D eigenvalue weighted by Gasteiger charge is 2.68. The summed E-state index contributed by atoms with van der Waals surface area (Å²) in [6, 6.07) is 0. The molecule has 3 fully saturated rings. The quantitative estimate of drug-likeness (QED) is 0.516. The molecule has 0 saturated heterocycles. The van der Waals surface area contributed by atoms with Crippen molar-refractivity contribution in [3.05, 3.63) is 12.7 Å². The Hall–Kier alpha value is -0.810. The van der Waals surface area contributed by atoms with Gasteiger partial charge in [-0.05, 0) is 48.7 Å². The molecule has 164 valence electrons. The Labute approximate surface area is 180 Å². The molecule has 8 atom stereocenters. The van der Waals surface area contributed by atoms with E-state index in [2.05, 4.69) is 27.4 Å². The van der Waals surface area contributed by atoms with E-state index in [0.717, 1.165) is 25.0 Å². The average Bonchev–Trinajstić information content (AvgIpc) is 3.05. The Kier molecular flexibility index (Phi) is 6.33. The first kappa shape index (κ1) is 22.9. The maximum Gasteiger partial charge on any atom is 0.316 e. The maximum absolute atomic E-state index is 13.3. The molecule has 0 amide bonds. The monoisotopic (exact) mass is 422 g/mol. The third-order valence-electron chi connectivity index (χ3n) is 9.00. The van der Waals surface area contributed by atoms with Crippen molar-refractivity contribution in [1.82, 2.24) is 0 Å². The van der Waals surface area contributed by atoms with Crippen molar-refractivity contribution >= 4 is 23.5 Å². The van der Waals surface area contributed by atoms with Crippen molar-refractivity contribution in [3.63, 3.8) is 0 Å². The van der Waals surface area contributed by atoms with Gasteiger partial charge in [0.25, 0.3) is 0 Å². The van der Waals surface area contributed by atoms with E-state index in [4.69, 9.17) is 4.74 Å². The zero-order valence-corrected chi connectivity index (χ0v) is 19.5. The molecule has 0 aromatic heterocycles. The van der Waals surface area contributed by atoms with Crippen LogP contribution in [0, 0.1) is 34.0 Å². The van der Waals surface area contributed by atoms with E-state index >= 15 is 0 Å². The second-order valence-electron chi connectivity index (χ2n) is 10.2. The van der Waals surface area contributed by atoms with Crippen molar-refractivity contribution in [1.29, 1.82) is 0 Å². The van der Waals surface area contributed by atoms with Gasteiger partial charge in [-0.25, -0.2) is 0 Å². The molecule has 1 N–H and O–H groups in total. The molecule has 29 heavy (non-hydrogen) atoms. The summed E-state index contributed by atoms with van der Waals surface area (Å²) < 4.78 is 6.15. The number of hydrogen-bond acceptors (Lipinski definition) is 5. The van der Waals surface area contributed by atoms with Crippen LogP contribution in [0.3, 0.4) is 0 Å². The molecule has 3 aliphatic carbocycles. The summed E-state index contributed by atoms with van der Waals surface area (Å²) in [6.45, 7) is 14.6. The fourth-order valence-electron chi connectivity index (χ4n) is 6.88. The van der Waals surface area contributed by atoms with E-state index in [0.29, 0.717) is 24.4 Å². The van der Waals surface area contributed by atoms with Crippen LogP contribution in [0.15, 0.2) is 12.7 Å². The number of Topliss-reactive ketones (excluding diaryl/α,β-unsaturated/α-hetero) is 1. The topological polar surface area (TPSA) is 63.6 Å². The number of hydrogen-bond donors (Lipinski definition) is 1. The smallest absolute Gasteiger partial charge is 0.316 e. The summed E-state index contributed by atoms with van der Waals surface area (Å²) in [5.74, 6) is 1.38. The van der Waals surface area contributed by atoms with Crippen LogP contribution in [0.1, 0.15) is 66.7 Å². The van der Waals surface area contributed by atoms with Crippen LogP contribution in [-0.4, -0.2) is 40.6 Å². The number of aliphatic hydroxyl groups is 1. The lowest BCUT2D eigenvalue weighted by atomic mass is 9.44. The number of esters is 1. The first-order chi connectivity index (χ1) is 13.6. The predicted octanol–water partition coefficient (Wildman–Crippen LogP) is 4.65. The molecule has 0 heterocycles. The van der Waals surface area contributed by atoms with Gasteiger partial charge in [0.2, 0.25) is 0 Å². The lowest BCUT2D eigenvalue weighted by Gasteiger charge is -2.61. The van der Waals surface area contributed by atoms with Crippen LogP contribution in [0.25, 0.3) is 0 Å². The van der Waals surface area contributed by atoms with Gasteiger partial charge in [0.1, 0.15) is 11.9 Å². The van der Waals surface area contributed by atoms with Gasteiger partial charge in [-0.1, -0.05) is 40.7 Å². The normalized spacial score (nSPS) is 47.1. The van der Waals surface area contributed by atoms with Crippen LogP contribution in [-0.2, 0) is 14.3 Å². The molecule has 4 nitrogen and oxygen atoms in total. The first-order valence-corrected chi connectivity index (χ1v) is 12.3. The second kappa shape index (κ2) is 8.03. The molecule has 0 aliphatic heterocycles. The highest BCUT2D eigenvalue weighted by atomic mass is 32.2. The van der Waals surface area contributed by atoms with E-state index in [1.165, 1.54) is 0 Å². The Morgan fingerprint density at radius 3 is 2.66 bits per heavy atom. The molecule has 0 aromatic rings. The summed E-state index contributed by atoms with van der Waals surface area (Å²) in [5.41, 5.74) is -1.20. The summed E-state index contributed by atoms with van der Waals surface area (Å²) in [4.78, 5) is 26.0. The van der Waals surface area contributed by atoms with E-state index in [1.807, 2.05) is 19.9 Å². The van der Waals surface area contributed by atoms with Gasteiger partial charge in [0.05, 0.1) is 11.9 Å². The van der Waals surface area contributed by atoms with E-state index in [9.17, 15) is 14.7 Å². The molecule has 0 radical (unpaired) electrons. The highest BCUT2D eigenvalue weighted by molar-refractivity contribution is 7.99. The van der Waals surface area contributed by atoms with Crippen molar-refractivity contribution in [2.75, 3.05) is 11.5 Å². The standard InChI is InChI=1S/C24H38O4S/c1-7-22(5)13-18(28-19(26)14-29-8-2)23(6)15(3)9-11-24(16(4)21(22)27)12-10-17(25)20(23)24/h7,15-16,18,20-21,27H,1,8-14H2,2-6H3. The molecular formula is C24H38O4S. The van der Waals surface area contributed by atoms with Gasteiger partial charge < -0.3 is 9.84 Å². The van der Waals surface area contributed by atoms with Crippen LogP contribution < -0.4 is 0 Å². The minimum Gasteiger partial charge on any atom is -0.461 e. The molecule has 3 rings (SSSR count). The SMILES string of the molecule is C=CC1(C)CC(OC(=O)CSCC)C2(C)C(C)CCC3(CCC(=O)C32)C(C)C1O. The van der Waals surface area contributed by atoms with Crippen LogP contribution >= 0.6 is 11.8 Å². The van der Waals surface area contributed by atoms with Gasteiger partial charge in [-0.2, -0.15) is 11.8 Å². The minimum absolute atomic E-state index is 0.000994. The van der Waals surface area contributed by atoms with Gasteiger partial charge >= 0.3 is 5.97 Å². The number of aliphatic hydroxyl groups excluding tert-OH is 1. The van der Waals surface area contributed by atoms with Crippen LogP contribution in [0.4, 0.5) is 0 Å². The number of carbonyl (C=O) groups is 2. The summed E-state index contributed by atoms with van der Waals surface area (Å²) in [5, 5.41) is 11.5. The van der Waals surface area contributed by atoms with Crippen molar-refractivity contribution in [2.24, 2.45) is 34.0 Å². The lowest BCUT2D eigenvalue weighted by Crippen LogP contribution is -2.63. The summed E-state index contributed by atoms with van der Waals surface area (Å²) in [6.07, 6.45) is 4.69. The van der Waals surface area contributed by atoms with Crippen molar-refractivity contribution in [2.45, 2.75) is 78.9 Å². The van der Waals surface area contributed by atoms with E-state index in [1.54, 1.807) is 11.8 Å². The third kappa shape index (κ3) is 3.40. The van der Waals surface area contributed by atoms with Gasteiger partial charge in [-0.15, -0.1) is 6.58 Å². The Bertz CT molecular complexity index is 678. The number of rotatable bonds is 5. The molecule has 2 bridgehead atoms. The predicted molar refractivity (Wildman–Crippen MR) is 118 cm³/mol. The molecular weight excluding hydrogens is 384 g/mol. The number of carbonyl (C=O) groups excluding carboxylic acids is 2. The maximum atomic E-state index is 13.3. The van der Waals surface area contributed by atoms with E-state index in [-0.39, 0.29) is 29.1 Å². The highest BCUT2D eigenvalue weighted by Crippen LogP contribution is 2.67. The van der Waals surface area contributed by atoms with Gasteiger partial charge in [0.15, 0.2) is 0 Å². The van der Waals surface area contributed by atoms with Gasteiger partial charge in [0, 0.05) is 23.2 Å². The van der Waals surface area contributed by atoms with Crippen LogP contribution in [0.5, 0.6) is 0 Å². The Morgan fingerprint density at radius 1 is 1.34 bits per heavy atom. The zero-order valence-electron chi connectivity index (χ0n) is 18.7. The lowest BCUT2D eigenvalue weighted by molar-refractivity contribution is -0.205. The van der Waals surface area contributed by atoms with Crippen LogP contribution in [0.2, 0.25) is 0 Å². The molecule has 0 spiro atoms. The second-order valence-corrected chi connectivity index (χ2v) is 11.5. The van der Waals surface area contributed by atoms with Crippen molar-refractivity contribution in [3.8, 4) is 0 Å². The molecule has 8 unspecified atom stereocenters. The average molecular weight is 423 g/mol.